The summed E-state index contributed by atoms with van der Waals surface area (Å²) in [5.74, 6) is -1.69. The van der Waals surface area contributed by atoms with Crippen LogP contribution in [0.3, 0.4) is 0 Å². The molecule has 0 saturated heterocycles. The number of anilines is 1. The smallest absolute Gasteiger partial charge is 0.340 e. The molecule has 0 atom stereocenters. The number of benzene rings is 2. The Morgan fingerprint density at radius 2 is 1.97 bits per heavy atom. The van der Waals surface area contributed by atoms with E-state index in [1.165, 1.54) is 42.5 Å². The van der Waals surface area contributed by atoms with Crippen molar-refractivity contribution in [1.82, 2.24) is 0 Å². The van der Waals surface area contributed by atoms with Crippen molar-refractivity contribution in [2.45, 2.75) is 26.4 Å². The van der Waals surface area contributed by atoms with E-state index in [1.807, 2.05) is 0 Å². The van der Waals surface area contributed by atoms with Crippen molar-refractivity contribution in [1.29, 1.82) is 0 Å². The van der Waals surface area contributed by atoms with Crippen LogP contribution >= 0.6 is 0 Å². The van der Waals surface area contributed by atoms with Crippen LogP contribution in [0, 0.1) is 5.82 Å². The summed E-state index contributed by atoms with van der Waals surface area (Å²) in [6, 6.07) is 8.02. The first-order valence-electron chi connectivity index (χ1n) is 9.49. The van der Waals surface area contributed by atoms with E-state index in [0.717, 1.165) is 0 Å². The minimum atomic E-state index is -3.70. The number of carboxylic acid groups (broad SMARTS) is 1. The molecule has 1 aromatic heterocycles. The highest BCUT2D eigenvalue weighted by Gasteiger charge is 2.25. The predicted molar refractivity (Wildman–Crippen MR) is 117 cm³/mol. The monoisotopic (exact) mass is 447 g/mol. The number of hydrogen-bond acceptors (Lipinski definition) is 5. The zero-order valence-corrected chi connectivity index (χ0v) is 17.8. The Labute approximate surface area is 179 Å². The van der Waals surface area contributed by atoms with E-state index >= 15 is 0 Å². The molecule has 0 amide bonds. The summed E-state index contributed by atoms with van der Waals surface area (Å²) < 4.78 is 52.1. The molecule has 2 aromatic carbocycles. The standard InChI is InChI=1S/C22H22FNO6S/c1-4-5-10-31(27,28)24-17-12-18-16(11-19(17)29-13(2)3)20(22(25)26)21(30-18)14-6-8-15(23)9-7-14/h4,6-9,11-13,24H,1,5,10H2,2-3H3,(H,25,26). The van der Waals surface area contributed by atoms with Crippen LogP contribution in [0.25, 0.3) is 22.3 Å². The lowest BCUT2D eigenvalue weighted by Crippen LogP contribution is -2.17. The largest absolute Gasteiger partial charge is 0.489 e. The van der Waals surface area contributed by atoms with Gasteiger partial charge in [0.15, 0.2) is 0 Å². The molecular weight excluding hydrogens is 425 g/mol. The number of nitrogens with one attached hydrogen (secondary N) is 1. The fourth-order valence-corrected chi connectivity index (χ4v) is 4.10. The molecule has 0 bridgehead atoms. The number of halogens is 1. The van der Waals surface area contributed by atoms with Crippen molar-refractivity contribution < 1.29 is 31.9 Å². The van der Waals surface area contributed by atoms with Crippen molar-refractivity contribution in [3.05, 3.63) is 60.4 Å². The first-order chi connectivity index (χ1) is 14.6. The molecule has 0 aliphatic heterocycles. The summed E-state index contributed by atoms with van der Waals surface area (Å²) in [6.45, 7) is 7.04. The average Bonchev–Trinajstić information content (AvgIpc) is 3.05. The number of furan rings is 1. The maximum atomic E-state index is 13.3. The van der Waals surface area contributed by atoms with Gasteiger partial charge < -0.3 is 14.3 Å². The number of rotatable bonds is 9. The second-order valence-corrected chi connectivity index (χ2v) is 8.97. The SMILES string of the molecule is C=CCCS(=O)(=O)Nc1cc2oc(-c3ccc(F)cc3)c(C(=O)O)c2cc1OC(C)C. The van der Waals surface area contributed by atoms with Gasteiger partial charge in [-0.1, -0.05) is 6.08 Å². The van der Waals surface area contributed by atoms with Gasteiger partial charge in [-0.05, 0) is 50.6 Å². The first-order valence-corrected chi connectivity index (χ1v) is 11.1. The maximum Gasteiger partial charge on any atom is 0.340 e. The second kappa shape index (κ2) is 8.81. The van der Waals surface area contributed by atoms with Gasteiger partial charge in [0, 0.05) is 17.0 Å². The minimum absolute atomic E-state index is 0.0321. The summed E-state index contributed by atoms with van der Waals surface area (Å²) in [6.07, 6.45) is 1.45. The molecule has 0 aliphatic carbocycles. The van der Waals surface area contributed by atoms with Gasteiger partial charge in [0.2, 0.25) is 10.0 Å². The molecule has 2 N–H and O–H groups in total. The highest BCUT2D eigenvalue weighted by Crippen LogP contribution is 2.39. The average molecular weight is 447 g/mol. The molecule has 0 saturated carbocycles. The predicted octanol–water partition coefficient (Wildman–Crippen LogP) is 5.04. The maximum absolute atomic E-state index is 13.3. The van der Waals surface area contributed by atoms with Gasteiger partial charge in [0.25, 0.3) is 0 Å². The minimum Gasteiger partial charge on any atom is -0.489 e. The van der Waals surface area contributed by atoms with Crippen molar-refractivity contribution in [3.63, 3.8) is 0 Å². The lowest BCUT2D eigenvalue weighted by molar-refractivity contribution is 0.0699. The van der Waals surface area contributed by atoms with Crippen LogP contribution < -0.4 is 9.46 Å². The summed E-state index contributed by atoms with van der Waals surface area (Å²) in [4.78, 5) is 12.0. The lowest BCUT2D eigenvalue weighted by Gasteiger charge is -2.16. The van der Waals surface area contributed by atoms with Crippen molar-refractivity contribution in [2.75, 3.05) is 10.5 Å². The highest BCUT2D eigenvalue weighted by atomic mass is 32.2. The van der Waals surface area contributed by atoms with Gasteiger partial charge in [-0.15, -0.1) is 6.58 Å². The number of aromatic carboxylic acids is 1. The van der Waals surface area contributed by atoms with Gasteiger partial charge in [0.05, 0.1) is 17.5 Å². The zero-order chi connectivity index (χ0) is 22.8. The molecular formula is C22H22FNO6S. The molecule has 7 nitrogen and oxygen atoms in total. The molecule has 1 heterocycles. The zero-order valence-electron chi connectivity index (χ0n) is 17.0. The Hall–Kier alpha value is -3.33. The third-order valence-corrected chi connectivity index (χ3v) is 5.63. The Bertz CT molecular complexity index is 1230. The van der Waals surface area contributed by atoms with Crippen LogP contribution in [-0.2, 0) is 10.0 Å². The van der Waals surface area contributed by atoms with Crippen LogP contribution in [0.2, 0.25) is 0 Å². The lowest BCUT2D eigenvalue weighted by atomic mass is 10.0. The molecule has 3 rings (SSSR count). The number of carbonyl (C=O) groups is 1. The number of fused-ring (bicyclic) bond motifs is 1. The fraction of sp³-hybridized carbons (Fsp3) is 0.227. The normalized spacial score (nSPS) is 11.6. The molecule has 31 heavy (non-hydrogen) atoms. The first kappa shape index (κ1) is 22.4. The molecule has 0 unspecified atom stereocenters. The summed E-state index contributed by atoms with van der Waals surface area (Å²) >= 11 is 0. The van der Waals surface area contributed by atoms with E-state index in [-0.39, 0.29) is 52.0 Å². The number of ether oxygens (including phenoxy) is 1. The van der Waals surface area contributed by atoms with Crippen molar-refractivity contribution in [2.24, 2.45) is 0 Å². The molecule has 3 aromatic rings. The third kappa shape index (κ3) is 5.05. The molecule has 0 spiro atoms. The van der Waals surface area contributed by atoms with Crippen molar-refractivity contribution in [3.8, 4) is 17.1 Å². The third-order valence-electron chi connectivity index (χ3n) is 4.33. The van der Waals surface area contributed by atoms with Crippen LogP contribution in [0.5, 0.6) is 5.75 Å². The van der Waals surface area contributed by atoms with E-state index in [1.54, 1.807) is 13.8 Å². The van der Waals surface area contributed by atoms with E-state index in [0.29, 0.717) is 5.56 Å². The topological polar surface area (TPSA) is 106 Å². The number of allylic oxidation sites excluding steroid dienone is 1. The van der Waals surface area contributed by atoms with E-state index < -0.39 is 21.8 Å². The summed E-state index contributed by atoms with van der Waals surface area (Å²) in [5, 5.41) is 10.0. The summed E-state index contributed by atoms with van der Waals surface area (Å²) in [7, 11) is -3.70. The number of carboxylic acids is 1. The van der Waals surface area contributed by atoms with Crippen LogP contribution in [0.4, 0.5) is 10.1 Å². The quantitative estimate of drug-likeness (QED) is 0.445. The fourth-order valence-electron chi connectivity index (χ4n) is 3.03. The van der Waals surface area contributed by atoms with Crippen LogP contribution in [0.1, 0.15) is 30.6 Å². The van der Waals surface area contributed by atoms with Gasteiger partial charge in [0.1, 0.15) is 28.5 Å². The second-order valence-electron chi connectivity index (χ2n) is 7.13. The van der Waals surface area contributed by atoms with Crippen molar-refractivity contribution >= 4 is 32.6 Å². The molecule has 9 heteroatoms. The molecule has 0 aliphatic rings. The Kier molecular flexibility index (Phi) is 6.35. The van der Waals surface area contributed by atoms with Gasteiger partial charge >= 0.3 is 5.97 Å². The van der Waals surface area contributed by atoms with Crippen LogP contribution in [0.15, 0.2) is 53.5 Å². The highest BCUT2D eigenvalue weighted by molar-refractivity contribution is 7.92. The van der Waals surface area contributed by atoms with E-state index in [4.69, 9.17) is 9.15 Å². The summed E-state index contributed by atoms with van der Waals surface area (Å²) in [5.41, 5.74) is 0.515. The number of hydrogen-bond donors (Lipinski definition) is 2. The molecule has 164 valence electrons. The van der Waals surface area contributed by atoms with E-state index in [2.05, 4.69) is 11.3 Å². The van der Waals surface area contributed by atoms with Gasteiger partial charge in [-0.25, -0.2) is 17.6 Å². The Balaban J connectivity index is 2.20. The van der Waals surface area contributed by atoms with Gasteiger partial charge in [-0.2, -0.15) is 0 Å². The van der Waals surface area contributed by atoms with E-state index in [9.17, 15) is 22.7 Å². The number of sulfonamides is 1. The molecule has 0 radical (unpaired) electrons. The Morgan fingerprint density at radius 1 is 1.29 bits per heavy atom. The van der Waals surface area contributed by atoms with Crippen LogP contribution in [-0.4, -0.2) is 31.4 Å². The molecule has 0 fully saturated rings. The Morgan fingerprint density at radius 3 is 2.55 bits per heavy atom. The van der Waals surface area contributed by atoms with Gasteiger partial charge in [-0.3, -0.25) is 4.72 Å².